The fraction of sp³-hybridized carbons (Fsp3) is 0.160. The third kappa shape index (κ3) is 5.18. The maximum Gasteiger partial charge on any atom is 0.212 e. The van der Waals surface area contributed by atoms with Crippen molar-refractivity contribution in [3.8, 4) is 28.6 Å². The van der Waals surface area contributed by atoms with Gasteiger partial charge in [0, 0.05) is 16.9 Å². The van der Waals surface area contributed by atoms with Gasteiger partial charge in [-0.05, 0) is 17.7 Å². The summed E-state index contributed by atoms with van der Waals surface area (Å²) < 4.78 is 18.1. The van der Waals surface area contributed by atoms with E-state index < -0.39 is 0 Å². The Morgan fingerprint density at radius 1 is 0.848 bits per heavy atom. The van der Waals surface area contributed by atoms with Crippen molar-refractivity contribution < 1.29 is 14.2 Å². The van der Waals surface area contributed by atoms with Crippen LogP contribution in [0.4, 0.5) is 0 Å². The molecule has 33 heavy (non-hydrogen) atoms. The Bertz CT molecular complexity index is 1200. The normalized spacial score (nSPS) is 11.0. The summed E-state index contributed by atoms with van der Waals surface area (Å²) in [5.74, 6) is 3.07. The lowest BCUT2D eigenvalue weighted by atomic mass is 10.2. The van der Waals surface area contributed by atoms with Gasteiger partial charge in [-0.3, -0.25) is 0 Å². The van der Waals surface area contributed by atoms with Gasteiger partial charge in [0.1, 0.15) is 0 Å². The topological polar surface area (TPSA) is 70.8 Å². The number of rotatable bonds is 9. The molecule has 0 unspecified atom stereocenters. The first-order chi connectivity index (χ1) is 16.2. The zero-order chi connectivity index (χ0) is 23.0. The van der Waals surface area contributed by atoms with Crippen LogP contribution in [0.2, 0.25) is 0 Å². The van der Waals surface area contributed by atoms with E-state index in [-0.39, 0.29) is 0 Å². The highest BCUT2D eigenvalue weighted by Crippen LogP contribution is 2.38. The van der Waals surface area contributed by atoms with Crippen LogP contribution in [-0.4, -0.2) is 42.4 Å². The molecule has 3 aromatic carbocycles. The summed E-state index contributed by atoms with van der Waals surface area (Å²) in [6.07, 6.45) is 1.73. The molecule has 0 saturated heterocycles. The number of benzene rings is 3. The minimum Gasteiger partial charge on any atom is -0.493 e. The van der Waals surface area contributed by atoms with Gasteiger partial charge in [-0.15, -0.1) is 10.2 Å². The van der Waals surface area contributed by atoms with E-state index in [9.17, 15) is 0 Å². The van der Waals surface area contributed by atoms with E-state index in [0.717, 1.165) is 16.9 Å². The van der Waals surface area contributed by atoms with Crippen LogP contribution in [-0.2, 0) is 5.75 Å². The zero-order valence-electron chi connectivity index (χ0n) is 18.6. The van der Waals surface area contributed by atoms with Crippen LogP contribution in [0, 0.1) is 0 Å². The molecule has 0 N–H and O–H groups in total. The molecule has 0 aliphatic carbocycles. The molecule has 0 aliphatic rings. The number of thioether (sulfide) groups is 1. The molecule has 1 aromatic heterocycles. The van der Waals surface area contributed by atoms with E-state index in [2.05, 4.69) is 22.3 Å². The predicted molar refractivity (Wildman–Crippen MR) is 131 cm³/mol. The molecule has 0 fully saturated rings. The first-order valence-electron chi connectivity index (χ1n) is 10.3. The van der Waals surface area contributed by atoms with Gasteiger partial charge in [0.15, 0.2) is 17.3 Å². The van der Waals surface area contributed by atoms with Gasteiger partial charge < -0.3 is 14.2 Å². The van der Waals surface area contributed by atoms with Crippen molar-refractivity contribution in [1.82, 2.24) is 14.9 Å². The molecule has 8 heteroatoms. The van der Waals surface area contributed by atoms with Crippen LogP contribution in [0.1, 0.15) is 11.1 Å². The molecule has 1 heterocycles. The molecule has 4 rings (SSSR count). The standard InChI is InChI=1S/C25H24N4O3S/c1-30-21-14-19(15-22(31-2)23(21)32-3)16-26-29-24(20-12-8-5-9-13-20)27-28-25(29)33-17-18-10-6-4-7-11-18/h4-16H,17H2,1-3H3/b26-16-. The summed E-state index contributed by atoms with van der Waals surface area (Å²) in [5.41, 5.74) is 2.92. The molecule has 0 bridgehead atoms. The Kier molecular flexibility index (Phi) is 7.26. The Labute approximate surface area is 197 Å². The Morgan fingerprint density at radius 2 is 1.48 bits per heavy atom. The van der Waals surface area contributed by atoms with Crippen molar-refractivity contribution in [2.24, 2.45) is 5.10 Å². The number of hydrogen-bond donors (Lipinski definition) is 0. The summed E-state index contributed by atoms with van der Waals surface area (Å²) in [6, 6.07) is 23.8. The van der Waals surface area contributed by atoms with Crippen LogP contribution < -0.4 is 14.2 Å². The zero-order valence-corrected chi connectivity index (χ0v) is 19.5. The van der Waals surface area contributed by atoms with Gasteiger partial charge in [0.2, 0.25) is 10.9 Å². The van der Waals surface area contributed by atoms with Gasteiger partial charge in [0.25, 0.3) is 0 Å². The Morgan fingerprint density at radius 3 is 2.09 bits per heavy atom. The maximum atomic E-state index is 5.46. The van der Waals surface area contributed by atoms with Crippen LogP contribution in [0.3, 0.4) is 0 Å². The molecule has 0 radical (unpaired) electrons. The van der Waals surface area contributed by atoms with E-state index in [4.69, 9.17) is 19.3 Å². The highest BCUT2D eigenvalue weighted by molar-refractivity contribution is 7.98. The van der Waals surface area contributed by atoms with Crippen molar-refractivity contribution in [1.29, 1.82) is 0 Å². The number of nitrogens with zero attached hydrogens (tertiary/aromatic N) is 4. The molecule has 4 aromatic rings. The van der Waals surface area contributed by atoms with Crippen LogP contribution >= 0.6 is 11.8 Å². The molecule has 7 nitrogen and oxygen atoms in total. The van der Waals surface area contributed by atoms with E-state index >= 15 is 0 Å². The van der Waals surface area contributed by atoms with Crippen LogP contribution in [0.5, 0.6) is 17.2 Å². The third-order valence-electron chi connectivity index (χ3n) is 4.86. The number of methoxy groups -OCH3 is 3. The maximum absolute atomic E-state index is 5.46. The fourth-order valence-electron chi connectivity index (χ4n) is 3.25. The lowest BCUT2D eigenvalue weighted by molar-refractivity contribution is 0.324. The monoisotopic (exact) mass is 460 g/mol. The van der Waals surface area contributed by atoms with Crippen molar-refractivity contribution in [3.63, 3.8) is 0 Å². The molecule has 0 saturated carbocycles. The van der Waals surface area contributed by atoms with Gasteiger partial charge >= 0.3 is 0 Å². The Hall–Kier alpha value is -3.78. The molecular weight excluding hydrogens is 436 g/mol. The second-order valence-electron chi connectivity index (χ2n) is 6.96. The number of ether oxygens (including phenoxy) is 3. The van der Waals surface area contributed by atoms with Gasteiger partial charge in [0.05, 0.1) is 27.5 Å². The van der Waals surface area contributed by atoms with E-state index in [1.54, 1.807) is 44.0 Å². The average Bonchev–Trinajstić information content (AvgIpc) is 3.29. The van der Waals surface area contributed by atoms with E-state index in [1.807, 2.05) is 60.7 Å². The quantitative estimate of drug-likeness (QED) is 0.254. The highest BCUT2D eigenvalue weighted by atomic mass is 32.2. The molecule has 0 spiro atoms. The summed E-state index contributed by atoms with van der Waals surface area (Å²) in [5, 5.41) is 14.2. The lowest BCUT2D eigenvalue weighted by Crippen LogP contribution is -1.99. The van der Waals surface area contributed by atoms with Gasteiger partial charge in [-0.25, -0.2) is 0 Å². The first-order valence-corrected chi connectivity index (χ1v) is 11.2. The van der Waals surface area contributed by atoms with E-state index in [1.165, 1.54) is 5.56 Å². The molecular formula is C25H24N4O3S. The molecule has 0 aliphatic heterocycles. The predicted octanol–water partition coefficient (Wildman–Crippen LogP) is 5.15. The summed E-state index contributed by atoms with van der Waals surface area (Å²) >= 11 is 1.58. The molecule has 168 valence electrons. The molecule has 0 amide bonds. The number of aromatic nitrogens is 3. The average molecular weight is 461 g/mol. The SMILES string of the molecule is COc1cc(/C=N\n2c(SCc3ccccc3)nnc2-c2ccccc2)cc(OC)c1OC. The first kappa shape index (κ1) is 22.4. The van der Waals surface area contributed by atoms with Crippen molar-refractivity contribution in [2.45, 2.75) is 10.9 Å². The second-order valence-corrected chi connectivity index (χ2v) is 7.90. The lowest BCUT2D eigenvalue weighted by Gasteiger charge is -2.12. The number of hydrogen-bond acceptors (Lipinski definition) is 7. The largest absolute Gasteiger partial charge is 0.493 e. The van der Waals surface area contributed by atoms with E-state index in [0.29, 0.717) is 28.2 Å². The van der Waals surface area contributed by atoms with Crippen molar-refractivity contribution in [3.05, 3.63) is 83.9 Å². The highest BCUT2D eigenvalue weighted by Gasteiger charge is 2.15. The fourth-order valence-corrected chi connectivity index (χ4v) is 4.09. The smallest absolute Gasteiger partial charge is 0.212 e. The summed E-state index contributed by atoms with van der Waals surface area (Å²) in [6.45, 7) is 0. The third-order valence-corrected chi connectivity index (χ3v) is 5.85. The Balaban J connectivity index is 1.70. The summed E-state index contributed by atoms with van der Waals surface area (Å²) in [4.78, 5) is 0. The van der Waals surface area contributed by atoms with Crippen molar-refractivity contribution in [2.75, 3.05) is 21.3 Å². The van der Waals surface area contributed by atoms with Crippen LogP contribution in [0.15, 0.2) is 83.1 Å². The van der Waals surface area contributed by atoms with Crippen LogP contribution in [0.25, 0.3) is 11.4 Å². The van der Waals surface area contributed by atoms with Crippen molar-refractivity contribution >= 4 is 18.0 Å². The minimum absolute atomic E-state index is 0.533. The minimum atomic E-state index is 0.533. The second kappa shape index (κ2) is 10.7. The summed E-state index contributed by atoms with van der Waals surface area (Å²) in [7, 11) is 4.75. The molecule has 0 atom stereocenters. The van der Waals surface area contributed by atoms with Gasteiger partial charge in [-0.2, -0.15) is 9.78 Å². The van der Waals surface area contributed by atoms with Gasteiger partial charge in [-0.1, -0.05) is 72.4 Å².